The average molecular weight is 589 g/mol. The van der Waals surface area contributed by atoms with Crippen LogP contribution in [0.3, 0.4) is 0 Å². The van der Waals surface area contributed by atoms with Gasteiger partial charge in [-0.15, -0.1) is 0 Å². The maximum absolute atomic E-state index is 13.7. The van der Waals surface area contributed by atoms with Gasteiger partial charge in [0.05, 0.1) is 39.6 Å². The molecule has 3 aromatic rings. The van der Waals surface area contributed by atoms with Gasteiger partial charge in [-0.25, -0.2) is 0 Å². The summed E-state index contributed by atoms with van der Waals surface area (Å²) < 4.78 is 8.11. The Morgan fingerprint density at radius 1 is 1.25 bits per heavy atom. The topological polar surface area (TPSA) is 99.9 Å². The van der Waals surface area contributed by atoms with Crippen LogP contribution >= 0.6 is 23.2 Å². The molecule has 0 saturated heterocycles. The van der Waals surface area contributed by atoms with Crippen molar-refractivity contribution in [1.29, 1.82) is 0 Å². The number of fused-ring (bicyclic) bond motifs is 1. The van der Waals surface area contributed by atoms with Crippen LogP contribution in [0.1, 0.15) is 46.0 Å². The number of aryl methyl sites for hydroxylation is 2. The number of nitrogens with zero attached hydrogens (tertiary/aromatic N) is 4. The first-order valence-corrected chi connectivity index (χ1v) is 13.9. The van der Waals surface area contributed by atoms with Gasteiger partial charge in [0.15, 0.2) is 5.75 Å². The third kappa shape index (κ3) is 6.61. The fourth-order valence-electron chi connectivity index (χ4n) is 4.89. The molecule has 4 rings (SSSR count). The average Bonchev–Trinajstić information content (AvgIpc) is 3.25. The highest BCUT2D eigenvalue weighted by Gasteiger charge is 2.34. The Morgan fingerprint density at radius 2 is 2.00 bits per heavy atom. The molecule has 2 amide bonds. The zero-order valence-corrected chi connectivity index (χ0v) is 24.8. The molecule has 0 radical (unpaired) electrons. The number of anilines is 1. The van der Waals surface area contributed by atoms with Crippen LogP contribution in [0, 0.1) is 12.8 Å². The molecule has 214 valence electrons. The van der Waals surface area contributed by atoms with Gasteiger partial charge in [-0.2, -0.15) is 5.10 Å². The van der Waals surface area contributed by atoms with E-state index < -0.39 is 6.04 Å². The lowest BCUT2D eigenvalue weighted by Gasteiger charge is -2.38. The van der Waals surface area contributed by atoms with Crippen LogP contribution in [-0.4, -0.2) is 75.4 Å². The predicted octanol–water partition coefficient (Wildman–Crippen LogP) is 4.64. The van der Waals surface area contributed by atoms with Crippen LogP contribution in [0.4, 0.5) is 5.69 Å². The number of ether oxygens (including phenoxy) is 1. The number of aliphatic hydroxyl groups excluding tert-OH is 1. The third-order valence-electron chi connectivity index (χ3n) is 7.10. The maximum Gasteiger partial charge on any atom is 0.274 e. The molecule has 2 aromatic carbocycles. The van der Waals surface area contributed by atoms with E-state index in [1.807, 2.05) is 40.0 Å². The summed E-state index contributed by atoms with van der Waals surface area (Å²) in [5, 5.41) is 18.1. The molecule has 0 spiro atoms. The van der Waals surface area contributed by atoms with E-state index in [0.717, 1.165) is 11.3 Å². The number of benzene rings is 2. The fraction of sp³-hybridized carbons (Fsp3) is 0.414. The Balaban J connectivity index is 1.67. The zero-order chi connectivity index (χ0) is 29.1. The molecule has 11 heteroatoms. The molecule has 2 N–H and O–H groups in total. The van der Waals surface area contributed by atoms with Crippen molar-refractivity contribution < 1.29 is 19.4 Å². The number of rotatable bonds is 8. The van der Waals surface area contributed by atoms with E-state index in [2.05, 4.69) is 15.3 Å². The quantitative estimate of drug-likeness (QED) is 0.398. The second-order valence-electron chi connectivity index (χ2n) is 10.5. The predicted molar refractivity (Wildman–Crippen MR) is 156 cm³/mol. The van der Waals surface area contributed by atoms with Crippen molar-refractivity contribution in [3.8, 4) is 5.75 Å². The van der Waals surface area contributed by atoms with Crippen molar-refractivity contribution in [1.82, 2.24) is 19.6 Å². The summed E-state index contributed by atoms with van der Waals surface area (Å²) in [6.07, 6.45) is -0.343. The first-order valence-electron chi connectivity index (χ1n) is 13.1. The molecule has 0 aliphatic carbocycles. The standard InChI is InChI=1S/C29H35Cl2N5O4/c1-17-13-36(19(3)16-37)29(39)21-7-6-8-24(32-28(38)25-11-18(2)33-35(25)5)27(21)40-26(17)15-34(4)14-20-9-10-22(30)23(31)12-20/h6-12,17,19,26,37H,13-16H2,1-5H3,(H,32,38)/t17-,19+,26+/m0/s1. The maximum atomic E-state index is 13.7. The van der Waals surface area contributed by atoms with Gasteiger partial charge in [-0.05, 0) is 56.8 Å². The SMILES string of the molecule is Cc1cc(C(=O)Nc2cccc3c2O[C@H](CN(C)Cc2ccc(Cl)c(Cl)c2)[C@@H](C)CN([C@H](C)CO)C3=O)n(C)n1. The third-order valence-corrected chi connectivity index (χ3v) is 7.84. The van der Waals surface area contributed by atoms with Gasteiger partial charge in [0.2, 0.25) is 0 Å². The summed E-state index contributed by atoms with van der Waals surface area (Å²) in [7, 11) is 3.68. The van der Waals surface area contributed by atoms with Crippen molar-refractivity contribution in [2.75, 3.05) is 32.1 Å². The largest absolute Gasteiger partial charge is 0.486 e. The Hall–Kier alpha value is -3.11. The summed E-state index contributed by atoms with van der Waals surface area (Å²) in [6.45, 7) is 7.00. The van der Waals surface area contributed by atoms with Crippen LogP contribution in [0.2, 0.25) is 10.0 Å². The molecular weight excluding hydrogens is 553 g/mol. The second-order valence-corrected chi connectivity index (χ2v) is 11.3. The van der Waals surface area contributed by atoms with E-state index in [1.165, 1.54) is 4.68 Å². The number of halogens is 2. The van der Waals surface area contributed by atoms with Crippen LogP contribution < -0.4 is 10.1 Å². The van der Waals surface area contributed by atoms with E-state index in [1.54, 1.807) is 42.3 Å². The van der Waals surface area contributed by atoms with Crippen molar-refractivity contribution in [2.45, 2.75) is 39.5 Å². The monoisotopic (exact) mass is 587 g/mol. The lowest BCUT2D eigenvalue weighted by atomic mass is 9.98. The minimum absolute atomic E-state index is 0.0918. The van der Waals surface area contributed by atoms with Crippen LogP contribution in [0.15, 0.2) is 42.5 Å². The number of likely N-dealkylation sites (N-methyl/N-ethyl adjacent to an activating group) is 1. The molecule has 0 bridgehead atoms. The van der Waals surface area contributed by atoms with E-state index in [9.17, 15) is 14.7 Å². The number of amides is 2. The van der Waals surface area contributed by atoms with E-state index in [4.69, 9.17) is 27.9 Å². The molecular formula is C29H35Cl2N5O4. The van der Waals surface area contributed by atoms with Crippen molar-refractivity contribution in [3.63, 3.8) is 0 Å². The molecule has 0 fully saturated rings. The van der Waals surface area contributed by atoms with Crippen LogP contribution in [0.25, 0.3) is 0 Å². The van der Waals surface area contributed by atoms with Gasteiger partial charge in [0.1, 0.15) is 11.8 Å². The van der Waals surface area contributed by atoms with Gasteiger partial charge in [-0.1, -0.05) is 42.3 Å². The molecule has 9 nitrogen and oxygen atoms in total. The van der Waals surface area contributed by atoms with E-state index in [0.29, 0.717) is 52.4 Å². The van der Waals surface area contributed by atoms with Gasteiger partial charge in [0.25, 0.3) is 11.8 Å². The molecule has 0 saturated carbocycles. The van der Waals surface area contributed by atoms with Gasteiger partial charge >= 0.3 is 0 Å². The van der Waals surface area contributed by atoms with E-state index >= 15 is 0 Å². The van der Waals surface area contributed by atoms with Crippen LogP contribution in [-0.2, 0) is 13.6 Å². The van der Waals surface area contributed by atoms with Gasteiger partial charge in [0, 0.05) is 32.6 Å². The number of hydrogen-bond donors (Lipinski definition) is 2. The number of carbonyl (C=O) groups is 2. The van der Waals surface area contributed by atoms with Crippen LogP contribution in [0.5, 0.6) is 5.75 Å². The summed E-state index contributed by atoms with van der Waals surface area (Å²) in [4.78, 5) is 30.7. The molecule has 3 atom stereocenters. The fourth-order valence-corrected chi connectivity index (χ4v) is 5.21. The highest BCUT2D eigenvalue weighted by Crippen LogP contribution is 2.35. The highest BCUT2D eigenvalue weighted by molar-refractivity contribution is 6.42. The first-order chi connectivity index (χ1) is 19.0. The summed E-state index contributed by atoms with van der Waals surface area (Å²) in [5.74, 6) is -0.421. The van der Waals surface area contributed by atoms with E-state index in [-0.39, 0.29) is 30.4 Å². The minimum atomic E-state index is -0.397. The number of hydrogen-bond acceptors (Lipinski definition) is 6. The van der Waals surface area contributed by atoms with Crippen molar-refractivity contribution in [3.05, 3.63) is 75.0 Å². The van der Waals surface area contributed by atoms with Gasteiger partial charge < -0.3 is 20.1 Å². The molecule has 1 aromatic heterocycles. The molecule has 2 heterocycles. The lowest BCUT2D eigenvalue weighted by molar-refractivity contribution is 0.0343. The number of aromatic nitrogens is 2. The molecule has 0 unspecified atom stereocenters. The smallest absolute Gasteiger partial charge is 0.274 e. The lowest BCUT2D eigenvalue weighted by Crippen LogP contribution is -2.49. The Kier molecular flexibility index (Phi) is 9.41. The Labute approximate surface area is 244 Å². The van der Waals surface area contributed by atoms with Gasteiger partial charge in [-0.3, -0.25) is 19.2 Å². The molecule has 1 aliphatic rings. The summed E-state index contributed by atoms with van der Waals surface area (Å²) in [6, 6.07) is 12.0. The number of nitrogens with one attached hydrogen (secondary N) is 1. The first kappa shape index (κ1) is 29.9. The summed E-state index contributed by atoms with van der Waals surface area (Å²) in [5.41, 5.74) is 2.81. The van der Waals surface area contributed by atoms with Crippen molar-refractivity contribution >= 4 is 40.7 Å². The van der Waals surface area contributed by atoms with Crippen molar-refractivity contribution in [2.24, 2.45) is 13.0 Å². The second kappa shape index (κ2) is 12.6. The Bertz CT molecular complexity index is 1390. The summed E-state index contributed by atoms with van der Waals surface area (Å²) >= 11 is 12.3. The highest BCUT2D eigenvalue weighted by atomic mass is 35.5. The zero-order valence-electron chi connectivity index (χ0n) is 23.3. The minimum Gasteiger partial charge on any atom is -0.486 e. The number of para-hydroxylation sites is 1. The normalized spacial score (nSPS) is 18.1. The molecule has 40 heavy (non-hydrogen) atoms. The number of carbonyl (C=O) groups excluding carboxylic acids is 2. The molecule has 1 aliphatic heterocycles. The number of aliphatic hydroxyl groups is 1. The Morgan fingerprint density at radius 3 is 2.65 bits per heavy atom.